The summed E-state index contributed by atoms with van der Waals surface area (Å²) in [5.41, 5.74) is 3.78. The lowest BCUT2D eigenvalue weighted by atomic mass is 10.0. The molecule has 0 saturated carbocycles. The molecule has 5 nitrogen and oxygen atoms in total. The zero-order valence-corrected chi connectivity index (χ0v) is 16.1. The molecule has 5 heteroatoms. The van der Waals surface area contributed by atoms with Gasteiger partial charge in [0.25, 0.3) is 5.91 Å². The summed E-state index contributed by atoms with van der Waals surface area (Å²) in [6, 6.07) is 19.8. The van der Waals surface area contributed by atoms with Crippen LogP contribution >= 0.6 is 0 Å². The molecule has 2 heterocycles. The van der Waals surface area contributed by atoms with Gasteiger partial charge in [-0.05, 0) is 43.0 Å². The summed E-state index contributed by atoms with van der Waals surface area (Å²) in [4.78, 5) is 23.9. The van der Waals surface area contributed by atoms with Gasteiger partial charge in [-0.15, -0.1) is 0 Å². The van der Waals surface area contributed by atoms with E-state index in [4.69, 9.17) is 0 Å². The van der Waals surface area contributed by atoms with Gasteiger partial charge in [0.05, 0.1) is 6.54 Å². The number of benzene rings is 2. The lowest BCUT2D eigenvalue weighted by Crippen LogP contribution is -2.25. The summed E-state index contributed by atoms with van der Waals surface area (Å²) in [7, 11) is 0. The minimum Gasteiger partial charge on any atom is -0.357 e. The summed E-state index contributed by atoms with van der Waals surface area (Å²) in [5, 5.41) is 2.94. The highest BCUT2D eigenvalue weighted by atomic mass is 16.1. The maximum atomic E-state index is 12.5. The van der Waals surface area contributed by atoms with Crippen LogP contribution in [0.3, 0.4) is 0 Å². The van der Waals surface area contributed by atoms with Crippen molar-refractivity contribution < 1.29 is 4.79 Å². The molecular weight excluding hydrogens is 348 g/mol. The predicted octanol–water partition coefficient (Wildman–Crippen LogP) is 3.98. The first-order valence-electron chi connectivity index (χ1n) is 9.72. The van der Waals surface area contributed by atoms with Gasteiger partial charge in [0.15, 0.2) is 0 Å². The van der Waals surface area contributed by atoms with Gasteiger partial charge in [-0.1, -0.05) is 42.5 Å². The van der Waals surface area contributed by atoms with E-state index in [1.807, 2.05) is 55.5 Å². The first-order chi connectivity index (χ1) is 13.7. The van der Waals surface area contributed by atoms with Crippen molar-refractivity contribution in [3.63, 3.8) is 0 Å². The monoisotopic (exact) mass is 372 g/mol. The maximum absolute atomic E-state index is 12.5. The van der Waals surface area contributed by atoms with E-state index in [1.165, 1.54) is 12.8 Å². The standard InChI is InChI=1S/C23H24N4O/c1-17-15-22(27-13-5-6-14-27)26-21(25-17)16-24-23(28)20-11-9-19(10-12-20)18-7-3-2-4-8-18/h2-4,7-12,15H,5-6,13-14,16H2,1H3,(H,24,28). The fraction of sp³-hybridized carbons (Fsp3) is 0.261. The Hall–Kier alpha value is -3.21. The molecule has 0 unspecified atom stereocenters. The second-order valence-electron chi connectivity index (χ2n) is 7.10. The summed E-state index contributed by atoms with van der Waals surface area (Å²) in [5.74, 6) is 1.49. The van der Waals surface area contributed by atoms with Gasteiger partial charge in [-0.3, -0.25) is 4.79 Å². The molecule has 0 aliphatic carbocycles. The third-order valence-corrected chi connectivity index (χ3v) is 4.98. The molecule has 2 aromatic carbocycles. The van der Waals surface area contributed by atoms with Crippen molar-refractivity contribution in [2.75, 3.05) is 18.0 Å². The third-order valence-electron chi connectivity index (χ3n) is 4.98. The van der Waals surface area contributed by atoms with Crippen LogP contribution in [0.25, 0.3) is 11.1 Å². The van der Waals surface area contributed by atoms with Crippen LogP contribution in [0.4, 0.5) is 5.82 Å². The van der Waals surface area contributed by atoms with Gasteiger partial charge >= 0.3 is 0 Å². The zero-order chi connectivity index (χ0) is 19.3. The molecule has 1 aliphatic heterocycles. The fourth-order valence-corrected chi connectivity index (χ4v) is 3.51. The quantitative estimate of drug-likeness (QED) is 0.736. The smallest absolute Gasteiger partial charge is 0.251 e. The molecule has 1 N–H and O–H groups in total. The normalized spacial score (nSPS) is 13.5. The average molecular weight is 372 g/mol. The Bertz CT molecular complexity index is 948. The number of hydrogen-bond acceptors (Lipinski definition) is 4. The Morgan fingerprint density at radius 2 is 1.64 bits per heavy atom. The number of anilines is 1. The molecule has 1 aliphatic rings. The Labute approximate surface area is 165 Å². The van der Waals surface area contributed by atoms with E-state index >= 15 is 0 Å². The number of carbonyl (C=O) groups excluding carboxylic acids is 1. The van der Waals surface area contributed by atoms with Crippen LogP contribution in [0.5, 0.6) is 0 Å². The van der Waals surface area contributed by atoms with Gasteiger partial charge in [0.2, 0.25) is 0 Å². The average Bonchev–Trinajstić information content (AvgIpc) is 3.27. The van der Waals surface area contributed by atoms with Gasteiger partial charge in [-0.2, -0.15) is 0 Å². The molecule has 0 spiro atoms. The van der Waals surface area contributed by atoms with E-state index in [1.54, 1.807) is 0 Å². The summed E-state index contributed by atoms with van der Waals surface area (Å²) in [6.07, 6.45) is 2.40. The lowest BCUT2D eigenvalue weighted by molar-refractivity contribution is 0.0950. The van der Waals surface area contributed by atoms with Crippen molar-refractivity contribution in [3.05, 3.63) is 77.7 Å². The highest BCUT2D eigenvalue weighted by Gasteiger charge is 2.15. The molecule has 1 aromatic heterocycles. The molecular formula is C23H24N4O. The van der Waals surface area contributed by atoms with Crippen LogP contribution < -0.4 is 10.2 Å². The van der Waals surface area contributed by atoms with Crippen LogP contribution in [0, 0.1) is 6.92 Å². The predicted molar refractivity (Wildman–Crippen MR) is 111 cm³/mol. The van der Waals surface area contributed by atoms with Gasteiger partial charge < -0.3 is 10.2 Å². The maximum Gasteiger partial charge on any atom is 0.251 e. The zero-order valence-electron chi connectivity index (χ0n) is 16.1. The largest absolute Gasteiger partial charge is 0.357 e. The van der Waals surface area contributed by atoms with Crippen LogP contribution in [0.1, 0.15) is 34.7 Å². The molecule has 1 amide bonds. The van der Waals surface area contributed by atoms with E-state index in [-0.39, 0.29) is 5.91 Å². The van der Waals surface area contributed by atoms with Gasteiger partial charge in [0, 0.05) is 30.4 Å². The molecule has 0 radical (unpaired) electrons. The highest BCUT2D eigenvalue weighted by molar-refractivity contribution is 5.94. The second-order valence-corrected chi connectivity index (χ2v) is 7.10. The van der Waals surface area contributed by atoms with E-state index in [9.17, 15) is 4.79 Å². The van der Waals surface area contributed by atoms with Crippen LogP contribution in [0.2, 0.25) is 0 Å². The summed E-state index contributed by atoms with van der Waals surface area (Å²) >= 11 is 0. The van der Waals surface area contributed by atoms with Gasteiger partial charge in [0.1, 0.15) is 11.6 Å². The number of amides is 1. The fourth-order valence-electron chi connectivity index (χ4n) is 3.51. The molecule has 4 rings (SSSR count). The van der Waals surface area contributed by atoms with E-state index < -0.39 is 0 Å². The summed E-state index contributed by atoms with van der Waals surface area (Å²) in [6.45, 7) is 4.36. The van der Waals surface area contributed by atoms with Crippen LogP contribution in [0.15, 0.2) is 60.7 Å². The molecule has 3 aromatic rings. The van der Waals surface area contributed by atoms with E-state index in [0.29, 0.717) is 17.9 Å². The molecule has 142 valence electrons. The van der Waals surface area contributed by atoms with Crippen molar-refractivity contribution >= 4 is 11.7 Å². The minimum atomic E-state index is -0.118. The summed E-state index contributed by atoms with van der Waals surface area (Å²) < 4.78 is 0. The Morgan fingerprint density at radius 3 is 2.36 bits per heavy atom. The number of hydrogen-bond donors (Lipinski definition) is 1. The first-order valence-corrected chi connectivity index (χ1v) is 9.72. The van der Waals surface area contributed by atoms with Crippen molar-refractivity contribution in [1.82, 2.24) is 15.3 Å². The third kappa shape index (κ3) is 4.19. The number of rotatable bonds is 5. The second kappa shape index (κ2) is 8.21. The van der Waals surface area contributed by atoms with Crippen LogP contribution in [-0.4, -0.2) is 29.0 Å². The number of aromatic nitrogens is 2. The van der Waals surface area contributed by atoms with Crippen molar-refractivity contribution in [1.29, 1.82) is 0 Å². The first kappa shape index (κ1) is 18.2. The van der Waals surface area contributed by atoms with Crippen molar-refractivity contribution in [2.45, 2.75) is 26.3 Å². The topological polar surface area (TPSA) is 58.1 Å². The molecule has 28 heavy (non-hydrogen) atoms. The Balaban J connectivity index is 1.41. The number of carbonyl (C=O) groups is 1. The van der Waals surface area contributed by atoms with Gasteiger partial charge in [-0.25, -0.2) is 9.97 Å². The Kier molecular flexibility index (Phi) is 5.33. The highest BCUT2D eigenvalue weighted by Crippen LogP contribution is 2.20. The molecule has 0 bridgehead atoms. The van der Waals surface area contributed by atoms with Crippen molar-refractivity contribution in [3.8, 4) is 11.1 Å². The molecule has 1 saturated heterocycles. The lowest BCUT2D eigenvalue weighted by Gasteiger charge is -2.17. The van der Waals surface area contributed by atoms with Crippen molar-refractivity contribution in [2.24, 2.45) is 0 Å². The molecule has 0 atom stereocenters. The Morgan fingerprint density at radius 1 is 0.964 bits per heavy atom. The molecule has 1 fully saturated rings. The number of nitrogens with zero attached hydrogens (tertiary/aromatic N) is 3. The van der Waals surface area contributed by atoms with E-state index in [2.05, 4.69) is 32.3 Å². The number of aryl methyl sites for hydroxylation is 1. The minimum absolute atomic E-state index is 0.118. The van der Waals surface area contributed by atoms with Crippen LogP contribution in [-0.2, 0) is 6.54 Å². The van der Waals surface area contributed by atoms with E-state index in [0.717, 1.165) is 35.7 Å². The SMILES string of the molecule is Cc1cc(N2CCCC2)nc(CNC(=O)c2ccc(-c3ccccc3)cc2)n1. The number of nitrogens with one attached hydrogen (secondary N) is 1.